The number of nitriles is 1. The van der Waals surface area contributed by atoms with Gasteiger partial charge in [0.25, 0.3) is 5.91 Å². The summed E-state index contributed by atoms with van der Waals surface area (Å²) in [5.74, 6) is -0.956. The predicted molar refractivity (Wildman–Crippen MR) is 108 cm³/mol. The quantitative estimate of drug-likeness (QED) is 0.427. The number of rotatable bonds is 4. The van der Waals surface area contributed by atoms with Gasteiger partial charge in [0.05, 0.1) is 41.5 Å². The normalized spacial score (nSPS) is 11.5. The van der Waals surface area contributed by atoms with E-state index in [0.29, 0.717) is 11.0 Å². The first kappa shape index (κ1) is 20.8. The number of alkyl halides is 3. The summed E-state index contributed by atoms with van der Waals surface area (Å²) < 4.78 is 47.2. The van der Waals surface area contributed by atoms with Crippen LogP contribution < -0.4 is 5.32 Å². The van der Waals surface area contributed by atoms with Gasteiger partial charge in [-0.2, -0.15) is 33.7 Å². The zero-order valence-corrected chi connectivity index (χ0v) is 16.7. The van der Waals surface area contributed by atoms with E-state index in [0.717, 1.165) is 15.7 Å². The van der Waals surface area contributed by atoms with Crippen molar-refractivity contribution in [3.8, 4) is 17.7 Å². The van der Waals surface area contributed by atoms with Crippen LogP contribution in [0, 0.1) is 11.3 Å². The third kappa shape index (κ3) is 3.60. The van der Waals surface area contributed by atoms with E-state index in [1.165, 1.54) is 43.2 Å². The van der Waals surface area contributed by atoms with Crippen molar-refractivity contribution in [2.24, 2.45) is 0 Å². The summed E-state index contributed by atoms with van der Waals surface area (Å²) in [6.45, 7) is 0. The Morgan fingerprint density at radius 3 is 2.65 bits per heavy atom. The molecule has 5 rings (SSSR count). The molecule has 0 aliphatic carbocycles. The molecule has 34 heavy (non-hydrogen) atoms. The molecule has 5 heterocycles. The number of anilines is 1. The summed E-state index contributed by atoms with van der Waals surface area (Å²) in [4.78, 5) is 22.0. The molecule has 168 valence electrons. The number of amides is 1. The molecule has 0 aliphatic heterocycles. The van der Waals surface area contributed by atoms with Gasteiger partial charge in [-0.15, -0.1) is 4.80 Å². The standard InChI is InChI=1S/C20H10F3N9O2/c21-20(22,23)16-14(10-31(30-16)18-13-2-6-34-15(13)1-3-25-18)19(33)29-12-7-11(8-24)17(26-9-12)32-27-4-5-28-32/h1-7,9-10H,(H,29,33). The molecule has 0 saturated heterocycles. The molecule has 14 heteroatoms. The molecule has 0 aliphatic rings. The summed E-state index contributed by atoms with van der Waals surface area (Å²) in [5, 5.41) is 23.4. The van der Waals surface area contributed by atoms with Crippen LogP contribution in [0.2, 0.25) is 0 Å². The molecule has 0 aromatic carbocycles. The van der Waals surface area contributed by atoms with Crippen molar-refractivity contribution in [1.82, 2.24) is 34.7 Å². The molecule has 5 aromatic rings. The van der Waals surface area contributed by atoms with Gasteiger partial charge >= 0.3 is 6.18 Å². The average Bonchev–Trinajstić information content (AvgIpc) is 3.58. The van der Waals surface area contributed by atoms with Crippen molar-refractivity contribution < 1.29 is 22.4 Å². The lowest BCUT2D eigenvalue weighted by molar-refractivity contribution is -0.141. The lowest BCUT2D eigenvalue weighted by Crippen LogP contribution is -2.18. The van der Waals surface area contributed by atoms with Gasteiger partial charge < -0.3 is 9.73 Å². The van der Waals surface area contributed by atoms with Crippen molar-refractivity contribution in [3.63, 3.8) is 0 Å². The van der Waals surface area contributed by atoms with Crippen molar-refractivity contribution in [1.29, 1.82) is 5.26 Å². The Bertz CT molecular complexity index is 1560. The Morgan fingerprint density at radius 1 is 1.12 bits per heavy atom. The second kappa shape index (κ2) is 7.81. The SMILES string of the molecule is N#Cc1cc(NC(=O)c2cn(-c3nccc4occc34)nc2C(F)(F)F)cnc1-n1nccn1. The van der Waals surface area contributed by atoms with E-state index in [9.17, 15) is 23.2 Å². The van der Waals surface area contributed by atoms with Crippen LogP contribution in [0.5, 0.6) is 0 Å². The number of furan rings is 1. The Labute approximate surface area is 187 Å². The number of carbonyl (C=O) groups is 1. The van der Waals surface area contributed by atoms with Gasteiger partial charge in [0, 0.05) is 12.4 Å². The van der Waals surface area contributed by atoms with Gasteiger partial charge in [0.15, 0.2) is 17.3 Å². The molecular weight excluding hydrogens is 455 g/mol. The largest absolute Gasteiger partial charge is 0.464 e. The Hall–Kier alpha value is -5.06. The molecule has 0 bridgehead atoms. The lowest BCUT2D eigenvalue weighted by Gasteiger charge is -2.08. The maximum absolute atomic E-state index is 13.7. The predicted octanol–water partition coefficient (Wildman–Crippen LogP) is 3.13. The van der Waals surface area contributed by atoms with Crippen molar-refractivity contribution in [3.05, 3.63) is 72.3 Å². The van der Waals surface area contributed by atoms with Crippen LogP contribution in [0.25, 0.3) is 22.6 Å². The Kier molecular flexibility index (Phi) is 4.79. The van der Waals surface area contributed by atoms with E-state index < -0.39 is 23.3 Å². The minimum absolute atomic E-state index is 0.00317. The minimum atomic E-state index is -4.92. The van der Waals surface area contributed by atoms with Crippen LogP contribution in [-0.4, -0.2) is 40.6 Å². The fraction of sp³-hybridized carbons (Fsp3) is 0.0500. The molecule has 0 saturated carbocycles. The summed E-state index contributed by atoms with van der Waals surface area (Å²) >= 11 is 0. The molecule has 0 fully saturated rings. The minimum Gasteiger partial charge on any atom is -0.464 e. The van der Waals surface area contributed by atoms with Gasteiger partial charge in [-0.1, -0.05) is 0 Å². The maximum Gasteiger partial charge on any atom is 0.435 e. The first-order valence-electron chi connectivity index (χ1n) is 9.43. The highest BCUT2D eigenvalue weighted by molar-refractivity contribution is 6.05. The third-order valence-electron chi connectivity index (χ3n) is 4.66. The fourth-order valence-electron chi connectivity index (χ4n) is 3.21. The number of pyridine rings is 2. The number of hydrogen-bond donors (Lipinski definition) is 1. The molecule has 0 radical (unpaired) electrons. The van der Waals surface area contributed by atoms with E-state index >= 15 is 0 Å². The lowest BCUT2D eigenvalue weighted by atomic mass is 10.2. The first-order chi connectivity index (χ1) is 16.3. The summed E-state index contributed by atoms with van der Waals surface area (Å²) in [6, 6.07) is 6.20. The smallest absolute Gasteiger partial charge is 0.435 e. The highest BCUT2D eigenvalue weighted by atomic mass is 19.4. The number of nitrogens with zero attached hydrogens (tertiary/aromatic N) is 8. The number of carbonyl (C=O) groups excluding carboxylic acids is 1. The van der Waals surface area contributed by atoms with Crippen molar-refractivity contribution >= 4 is 22.6 Å². The number of halogens is 3. The van der Waals surface area contributed by atoms with E-state index in [1.54, 1.807) is 6.07 Å². The van der Waals surface area contributed by atoms with Gasteiger partial charge in [0.2, 0.25) is 0 Å². The number of nitrogens with one attached hydrogen (secondary N) is 1. The molecule has 5 aromatic heterocycles. The van der Waals surface area contributed by atoms with Crippen LogP contribution in [-0.2, 0) is 6.18 Å². The van der Waals surface area contributed by atoms with E-state index in [-0.39, 0.29) is 22.9 Å². The summed E-state index contributed by atoms with van der Waals surface area (Å²) in [6.07, 6.45) is 2.65. The van der Waals surface area contributed by atoms with Crippen LogP contribution in [0.4, 0.5) is 18.9 Å². The van der Waals surface area contributed by atoms with E-state index in [2.05, 4.69) is 30.6 Å². The number of fused-ring (bicyclic) bond motifs is 1. The summed E-state index contributed by atoms with van der Waals surface area (Å²) in [7, 11) is 0. The van der Waals surface area contributed by atoms with Crippen molar-refractivity contribution in [2.75, 3.05) is 5.32 Å². The zero-order valence-electron chi connectivity index (χ0n) is 16.7. The van der Waals surface area contributed by atoms with Crippen LogP contribution in [0.1, 0.15) is 21.6 Å². The molecule has 11 nitrogen and oxygen atoms in total. The first-order valence-corrected chi connectivity index (χ1v) is 9.43. The molecule has 0 atom stereocenters. The Balaban J connectivity index is 1.52. The van der Waals surface area contributed by atoms with Gasteiger partial charge in [-0.05, 0) is 18.2 Å². The fourth-order valence-corrected chi connectivity index (χ4v) is 3.21. The van der Waals surface area contributed by atoms with Crippen molar-refractivity contribution in [2.45, 2.75) is 6.18 Å². The van der Waals surface area contributed by atoms with Crippen LogP contribution in [0.3, 0.4) is 0 Å². The number of hydrogen-bond acceptors (Lipinski definition) is 8. The van der Waals surface area contributed by atoms with E-state index in [4.69, 9.17) is 4.42 Å². The zero-order chi connectivity index (χ0) is 23.9. The molecule has 1 N–H and O–H groups in total. The highest BCUT2D eigenvalue weighted by Gasteiger charge is 2.39. The monoisotopic (exact) mass is 465 g/mol. The second-order valence-corrected chi connectivity index (χ2v) is 6.78. The second-order valence-electron chi connectivity index (χ2n) is 6.78. The molecule has 0 unspecified atom stereocenters. The highest BCUT2D eigenvalue weighted by Crippen LogP contribution is 2.32. The molecule has 1 amide bonds. The van der Waals surface area contributed by atoms with Gasteiger partial charge in [0.1, 0.15) is 17.2 Å². The van der Waals surface area contributed by atoms with Crippen LogP contribution >= 0.6 is 0 Å². The summed E-state index contributed by atoms with van der Waals surface area (Å²) in [5.41, 5.74) is -1.77. The van der Waals surface area contributed by atoms with Gasteiger partial charge in [-0.3, -0.25) is 4.79 Å². The molecule has 0 spiro atoms. The maximum atomic E-state index is 13.7. The van der Waals surface area contributed by atoms with Crippen LogP contribution in [0.15, 0.2) is 59.9 Å². The van der Waals surface area contributed by atoms with Gasteiger partial charge in [-0.25, -0.2) is 14.6 Å². The number of aromatic nitrogens is 7. The topological polar surface area (TPSA) is 140 Å². The van der Waals surface area contributed by atoms with E-state index in [1.807, 2.05) is 6.07 Å². The average molecular weight is 465 g/mol. The molecular formula is C20H10F3N9O2. The third-order valence-corrected chi connectivity index (χ3v) is 4.66. The Morgan fingerprint density at radius 2 is 1.91 bits per heavy atom.